The molecule has 0 unspecified atom stereocenters. The van der Waals surface area contributed by atoms with Gasteiger partial charge in [-0.15, -0.1) is 11.6 Å². The van der Waals surface area contributed by atoms with E-state index < -0.39 is 8.24 Å². The lowest BCUT2D eigenvalue weighted by atomic mass is 11.6. The summed E-state index contributed by atoms with van der Waals surface area (Å²) < 4.78 is 2.51. The first-order chi connectivity index (χ1) is 3.98. The Hall–Kier alpha value is 0.684. The average Bonchev–Trinajstić information content (AvgIpc) is 1.64. The van der Waals surface area contributed by atoms with E-state index in [0.717, 1.165) is 5.50 Å². The Kier molecular flexibility index (Phi) is 4.04. The van der Waals surface area contributed by atoms with E-state index >= 15 is 0 Å². The standard InChI is InChI=1S/C5H16ClNSi2/c1-7(8-5-6)9(2,3)4/h5,8H2,1-4H3. The number of rotatable bonds is 3. The third-order valence-electron chi connectivity index (χ3n) is 1.57. The molecule has 0 radical (unpaired) electrons. The van der Waals surface area contributed by atoms with Gasteiger partial charge in [-0.1, -0.05) is 19.6 Å². The minimum absolute atomic E-state index is 0.0976. The van der Waals surface area contributed by atoms with Crippen molar-refractivity contribution in [2.24, 2.45) is 0 Å². The van der Waals surface area contributed by atoms with Crippen molar-refractivity contribution in [3.05, 3.63) is 0 Å². The van der Waals surface area contributed by atoms with Crippen LogP contribution in [0.4, 0.5) is 0 Å². The third-order valence-corrected chi connectivity index (χ3v) is 8.72. The Bertz CT molecular complexity index is 81.5. The van der Waals surface area contributed by atoms with Gasteiger partial charge in [-0.2, -0.15) is 0 Å². The summed E-state index contributed by atoms with van der Waals surface area (Å²) in [5.41, 5.74) is 0.890. The monoisotopic (exact) mass is 181 g/mol. The van der Waals surface area contributed by atoms with E-state index in [1.54, 1.807) is 0 Å². The van der Waals surface area contributed by atoms with Crippen molar-refractivity contribution < 1.29 is 0 Å². The van der Waals surface area contributed by atoms with Crippen molar-refractivity contribution in [2.75, 3.05) is 12.6 Å². The molecule has 0 aliphatic carbocycles. The van der Waals surface area contributed by atoms with E-state index in [0.29, 0.717) is 0 Å². The lowest BCUT2D eigenvalue weighted by Crippen LogP contribution is -2.45. The van der Waals surface area contributed by atoms with Gasteiger partial charge in [-0.05, 0) is 7.05 Å². The average molecular weight is 182 g/mol. The molecule has 0 fully saturated rings. The zero-order valence-corrected chi connectivity index (χ0v) is 9.91. The molecule has 4 heteroatoms. The van der Waals surface area contributed by atoms with E-state index in [-0.39, 0.29) is 9.68 Å². The second-order valence-corrected chi connectivity index (χ2v) is 11.9. The fourth-order valence-corrected chi connectivity index (χ4v) is 4.92. The molecule has 9 heavy (non-hydrogen) atoms. The molecular weight excluding hydrogens is 166 g/mol. The van der Waals surface area contributed by atoms with Crippen LogP contribution in [0.2, 0.25) is 19.6 Å². The Morgan fingerprint density at radius 3 is 2.00 bits per heavy atom. The van der Waals surface area contributed by atoms with Crippen molar-refractivity contribution in [1.29, 1.82) is 0 Å². The fraction of sp³-hybridized carbons (Fsp3) is 1.00. The van der Waals surface area contributed by atoms with E-state index in [4.69, 9.17) is 11.6 Å². The number of hydrogen-bond acceptors (Lipinski definition) is 1. The predicted molar refractivity (Wildman–Crippen MR) is 50.4 cm³/mol. The molecule has 0 aromatic carbocycles. The molecule has 0 spiro atoms. The molecule has 0 aliphatic heterocycles. The molecule has 0 aromatic rings. The highest BCUT2D eigenvalue weighted by Crippen LogP contribution is 2.03. The maximum Gasteiger partial charge on any atom is 0.111 e. The van der Waals surface area contributed by atoms with E-state index in [1.807, 2.05) is 0 Å². The first-order valence-electron chi connectivity index (χ1n) is 3.25. The minimum atomic E-state index is -0.971. The molecule has 0 N–H and O–H groups in total. The number of halogens is 1. The lowest BCUT2D eigenvalue weighted by molar-refractivity contribution is 0.802. The van der Waals surface area contributed by atoms with Crippen LogP contribution in [-0.4, -0.2) is 34.7 Å². The van der Waals surface area contributed by atoms with Gasteiger partial charge in [0.15, 0.2) is 0 Å². The first-order valence-corrected chi connectivity index (χ1v) is 8.87. The van der Waals surface area contributed by atoms with Crippen LogP contribution in [0.25, 0.3) is 0 Å². The van der Waals surface area contributed by atoms with Crippen molar-refractivity contribution in [3.8, 4) is 0 Å². The third kappa shape index (κ3) is 4.14. The molecule has 0 bridgehead atoms. The normalized spacial score (nSPS) is 14.0. The van der Waals surface area contributed by atoms with Crippen molar-refractivity contribution in [3.63, 3.8) is 0 Å². The highest BCUT2D eigenvalue weighted by molar-refractivity contribution is 6.79. The van der Waals surface area contributed by atoms with Crippen LogP contribution in [0.15, 0.2) is 0 Å². The molecule has 0 atom stereocenters. The smallest absolute Gasteiger partial charge is 0.111 e. The molecule has 0 amide bonds. The Morgan fingerprint density at radius 1 is 1.44 bits per heavy atom. The van der Waals surface area contributed by atoms with Gasteiger partial charge < -0.3 is 4.23 Å². The predicted octanol–water partition coefficient (Wildman–Crippen LogP) is 1.03. The molecule has 0 saturated carbocycles. The topological polar surface area (TPSA) is 3.24 Å². The Morgan fingerprint density at radius 2 is 1.89 bits per heavy atom. The highest BCUT2D eigenvalue weighted by Gasteiger charge is 2.18. The quantitative estimate of drug-likeness (QED) is 0.465. The lowest BCUT2D eigenvalue weighted by Gasteiger charge is -2.29. The number of alkyl halides is 1. The summed E-state index contributed by atoms with van der Waals surface area (Å²) in [6.07, 6.45) is 0. The van der Waals surface area contributed by atoms with Crippen LogP contribution >= 0.6 is 11.6 Å². The van der Waals surface area contributed by atoms with Crippen molar-refractivity contribution >= 4 is 29.5 Å². The molecule has 0 aromatic heterocycles. The molecule has 1 nitrogen and oxygen atoms in total. The minimum Gasteiger partial charge on any atom is -0.352 e. The summed E-state index contributed by atoms with van der Waals surface area (Å²) in [6, 6.07) is 0. The van der Waals surface area contributed by atoms with E-state index in [1.165, 1.54) is 0 Å². The second kappa shape index (κ2) is 3.76. The van der Waals surface area contributed by atoms with Gasteiger partial charge in [0.25, 0.3) is 0 Å². The van der Waals surface area contributed by atoms with Gasteiger partial charge in [-0.25, -0.2) is 0 Å². The van der Waals surface area contributed by atoms with E-state index in [2.05, 4.69) is 30.9 Å². The maximum absolute atomic E-state index is 5.64. The van der Waals surface area contributed by atoms with Crippen LogP contribution in [0.5, 0.6) is 0 Å². The first kappa shape index (κ1) is 9.68. The summed E-state index contributed by atoms with van der Waals surface area (Å²) in [4.78, 5) is 0. The summed E-state index contributed by atoms with van der Waals surface area (Å²) in [5.74, 6) is 0. The highest BCUT2D eigenvalue weighted by atomic mass is 35.5. The molecule has 0 heterocycles. The Labute approximate surface area is 66.4 Å². The zero-order chi connectivity index (χ0) is 7.49. The SMILES string of the molecule is CN([SiH2]CCl)[Si](C)(C)C. The maximum atomic E-state index is 5.64. The second-order valence-electron chi connectivity index (χ2n) is 3.28. The van der Waals surface area contributed by atoms with Crippen LogP contribution in [-0.2, 0) is 0 Å². The summed E-state index contributed by atoms with van der Waals surface area (Å²) in [7, 11) is 1.14. The zero-order valence-electron chi connectivity index (χ0n) is 6.74. The largest absolute Gasteiger partial charge is 0.352 e. The van der Waals surface area contributed by atoms with Crippen LogP contribution in [0.1, 0.15) is 0 Å². The van der Waals surface area contributed by atoms with Gasteiger partial charge in [0.2, 0.25) is 0 Å². The Balaban J connectivity index is 3.59. The van der Waals surface area contributed by atoms with Crippen molar-refractivity contribution in [2.45, 2.75) is 19.6 Å². The van der Waals surface area contributed by atoms with Crippen LogP contribution in [0, 0.1) is 0 Å². The van der Waals surface area contributed by atoms with Gasteiger partial charge in [-0.3, -0.25) is 0 Å². The molecule has 0 aliphatic rings. The van der Waals surface area contributed by atoms with Gasteiger partial charge in [0, 0.05) is 5.50 Å². The van der Waals surface area contributed by atoms with E-state index in [9.17, 15) is 0 Å². The number of hydrogen-bond donors (Lipinski definition) is 0. The number of nitrogens with zero attached hydrogens (tertiary/aromatic N) is 1. The van der Waals surface area contributed by atoms with Crippen LogP contribution < -0.4 is 0 Å². The molecule has 0 saturated heterocycles. The van der Waals surface area contributed by atoms with Crippen molar-refractivity contribution in [1.82, 2.24) is 4.23 Å². The summed E-state index contributed by atoms with van der Waals surface area (Å²) in [5, 5.41) is 0. The summed E-state index contributed by atoms with van der Waals surface area (Å²) in [6.45, 7) is 7.06. The van der Waals surface area contributed by atoms with Gasteiger partial charge in [0.1, 0.15) is 17.9 Å². The molecule has 0 rings (SSSR count). The van der Waals surface area contributed by atoms with Crippen LogP contribution in [0.3, 0.4) is 0 Å². The van der Waals surface area contributed by atoms with Gasteiger partial charge >= 0.3 is 0 Å². The molecule has 56 valence electrons. The van der Waals surface area contributed by atoms with Gasteiger partial charge in [0.05, 0.1) is 0 Å². The molecular formula is C5H16ClNSi2. The fourth-order valence-electron chi connectivity index (χ4n) is 0.462. The summed E-state index contributed by atoms with van der Waals surface area (Å²) >= 11 is 5.64.